The minimum Gasteiger partial charge on any atom is -1.00 e. The monoisotopic (exact) mass is 450 g/mol. The fraction of sp³-hybridized carbons (Fsp3) is 0.200. The summed E-state index contributed by atoms with van der Waals surface area (Å²) in [6.45, 7) is 2.18. The molecule has 0 radical (unpaired) electrons. The van der Waals surface area contributed by atoms with E-state index >= 15 is 0 Å². The molecule has 20 heavy (non-hydrogen) atoms. The molecule has 104 valence electrons. The summed E-state index contributed by atoms with van der Waals surface area (Å²) in [4.78, 5) is 0. The van der Waals surface area contributed by atoms with Crippen molar-refractivity contribution in [1.29, 1.82) is 0 Å². The van der Waals surface area contributed by atoms with Crippen LogP contribution in [0.5, 0.6) is 0 Å². The van der Waals surface area contributed by atoms with Gasteiger partial charge in [0.15, 0.2) is 0 Å². The molecule has 0 aromatic heterocycles. The number of hydrogen-bond acceptors (Lipinski definition) is 0. The molecule has 1 aromatic rings. The van der Waals surface area contributed by atoms with E-state index in [1.807, 2.05) is 0 Å². The van der Waals surface area contributed by atoms with Gasteiger partial charge in [-0.05, 0) is 0 Å². The van der Waals surface area contributed by atoms with Crippen molar-refractivity contribution in [2.75, 3.05) is 0 Å². The van der Waals surface area contributed by atoms with Gasteiger partial charge in [0.2, 0.25) is 0 Å². The van der Waals surface area contributed by atoms with Crippen LogP contribution < -0.4 is 24.8 Å². The fourth-order valence-electron chi connectivity index (χ4n) is 2.48. The maximum Gasteiger partial charge on any atom is -1.00 e. The van der Waals surface area contributed by atoms with Crippen molar-refractivity contribution in [3.8, 4) is 0 Å². The van der Waals surface area contributed by atoms with Crippen LogP contribution in [-0.4, -0.2) is 0 Å². The molecule has 0 nitrogen and oxygen atoms in total. The average molecular weight is 453 g/mol. The van der Waals surface area contributed by atoms with E-state index in [0.717, 1.165) is 10.9 Å². The summed E-state index contributed by atoms with van der Waals surface area (Å²) in [6, 6.07) is 3.29. The maximum atomic E-state index is 13.6. The van der Waals surface area contributed by atoms with E-state index in [0.29, 0.717) is 3.63 Å². The normalized spacial score (nSPS) is 18.4. The second-order valence-electron chi connectivity index (χ2n) is 4.68. The van der Waals surface area contributed by atoms with E-state index in [2.05, 4.69) is 47.2 Å². The van der Waals surface area contributed by atoms with E-state index in [1.165, 1.54) is 16.7 Å². The molecule has 3 rings (SSSR count). The van der Waals surface area contributed by atoms with Crippen LogP contribution in [0.1, 0.15) is 28.1 Å². The summed E-state index contributed by atoms with van der Waals surface area (Å²) in [7, 11) is 0. The molecular weight excluding hydrogens is 441 g/mol. The van der Waals surface area contributed by atoms with Crippen LogP contribution in [0.4, 0.5) is 4.39 Å². The Balaban J connectivity index is 0.000001000. The summed E-state index contributed by atoms with van der Waals surface area (Å²) in [6.07, 6.45) is 9.94. The zero-order chi connectivity index (χ0) is 12.7. The minimum absolute atomic E-state index is 0. The zero-order valence-electron chi connectivity index (χ0n) is 10.8. The second kappa shape index (κ2) is 7.54. The first-order valence-corrected chi connectivity index (χ1v) is 9.38. The van der Waals surface area contributed by atoms with Crippen molar-refractivity contribution in [3.05, 3.63) is 60.6 Å². The Labute approximate surface area is 151 Å². The van der Waals surface area contributed by atoms with Crippen LogP contribution >= 0.6 is 15.9 Å². The standard InChI is InChI=1S/C10H7BrF.C5H5.2ClH.Zr/c1-6-2-7-4-8(12)5-10(11)9(7)3-6;1-2-4-5-3-1;;;/h2-5H,1H3;1-3H,4H2;2*1H;/q;;;;+2/p-2. The molecule has 0 N–H and O–H groups in total. The van der Waals surface area contributed by atoms with Gasteiger partial charge in [-0.15, -0.1) is 0 Å². The van der Waals surface area contributed by atoms with Crippen molar-refractivity contribution in [2.45, 2.75) is 17.0 Å². The molecule has 0 saturated heterocycles. The Morgan fingerprint density at radius 2 is 2.05 bits per heavy atom. The van der Waals surface area contributed by atoms with Crippen LogP contribution in [0.3, 0.4) is 0 Å². The molecule has 0 saturated carbocycles. The molecule has 1 unspecified atom stereocenters. The molecule has 2 aliphatic rings. The van der Waals surface area contributed by atoms with Crippen LogP contribution in [0.2, 0.25) is 0 Å². The van der Waals surface area contributed by atoms with Crippen LogP contribution in [0.25, 0.3) is 6.08 Å². The number of hydrogen-bond donors (Lipinski definition) is 0. The van der Waals surface area contributed by atoms with Crippen LogP contribution in [0, 0.1) is 5.82 Å². The molecule has 5 heteroatoms. The van der Waals surface area contributed by atoms with Crippen molar-refractivity contribution >= 4 is 22.0 Å². The summed E-state index contributed by atoms with van der Waals surface area (Å²) in [5, 5.41) is 0. The predicted molar refractivity (Wildman–Crippen MR) is 72.3 cm³/mol. The third-order valence-corrected chi connectivity index (χ3v) is 8.44. The quantitative estimate of drug-likeness (QED) is 0.538. The van der Waals surface area contributed by atoms with Gasteiger partial charge in [-0.1, -0.05) is 0 Å². The van der Waals surface area contributed by atoms with Gasteiger partial charge in [-0.2, -0.15) is 0 Å². The fourth-order valence-corrected chi connectivity index (χ4v) is 6.74. The Morgan fingerprint density at radius 3 is 2.70 bits per heavy atom. The molecule has 0 bridgehead atoms. The molecule has 0 heterocycles. The average Bonchev–Trinajstić information content (AvgIpc) is 2.91. The number of fused-ring (bicyclic) bond motifs is 1. The largest absolute Gasteiger partial charge is 1.00 e. The molecule has 2 aliphatic carbocycles. The van der Waals surface area contributed by atoms with Gasteiger partial charge in [0.1, 0.15) is 0 Å². The van der Waals surface area contributed by atoms with Crippen molar-refractivity contribution in [2.24, 2.45) is 0 Å². The van der Waals surface area contributed by atoms with Crippen molar-refractivity contribution < 1.29 is 52.4 Å². The van der Waals surface area contributed by atoms with Crippen LogP contribution in [-0.2, 0) is 23.2 Å². The molecule has 1 aromatic carbocycles. The molecule has 0 spiro atoms. The first-order valence-electron chi connectivity index (χ1n) is 5.94. The Kier molecular flexibility index (Phi) is 6.92. The van der Waals surface area contributed by atoms with Crippen molar-refractivity contribution in [1.82, 2.24) is 0 Å². The summed E-state index contributed by atoms with van der Waals surface area (Å²) < 4.78 is 16.6. The van der Waals surface area contributed by atoms with Gasteiger partial charge in [-0.3, -0.25) is 0 Å². The Hall–Kier alpha value is 0.313. The SMILES string of the molecule is CC1=Cc2c(Br)cc(F)cc2[CH]1[Zr+2][C]1=CC=CC1.[Cl-].[Cl-]. The number of rotatable bonds is 2. The van der Waals surface area contributed by atoms with Crippen LogP contribution in [0.15, 0.2) is 43.7 Å². The van der Waals surface area contributed by atoms with Gasteiger partial charge >= 0.3 is 127 Å². The van der Waals surface area contributed by atoms with E-state index in [-0.39, 0.29) is 30.6 Å². The zero-order valence-corrected chi connectivity index (χ0v) is 16.3. The van der Waals surface area contributed by atoms with Gasteiger partial charge in [-0.25, -0.2) is 0 Å². The Morgan fingerprint density at radius 1 is 1.30 bits per heavy atom. The van der Waals surface area contributed by atoms with E-state index < -0.39 is 23.2 Å². The van der Waals surface area contributed by atoms with E-state index in [1.54, 1.807) is 15.4 Å². The van der Waals surface area contributed by atoms with Gasteiger partial charge in [0.25, 0.3) is 0 Å². The maximum absolute atomic E-state index is 13.6. The molecule has 0 amide bonds. The third-order valence-electron chi connectivity index (χ3n) is 3.37. The molecule has 0 fully saturated rings. The van der Waals surface area contributed by atoms with E-state index in [9.17, 15) is 4.39 Å². The van der Waals surface area contributed by atoms with E-state index in [4.69, 9.17) is 0 Å². The Bertz CT molecular complexity index is 608. The first-order chi connectivity index (χ1) is 8.65. The minimum atomic E-state index is -0.690. The predicted octanol–water partition coefficient (Wildman–Crippen LogP) is -1.02. The van der Waals surface area contributed by atoms with Gasteiger partial charge < -0.3 is 24.8 Å². The topological polar surface area (TPSA) is 0 Å². The van der Waals surface area contributed by atoms with Gasteiger partial charge in [0.05, 0.1) is 0 Å². The van der Waals surface area contributed by atoms with Crippen molar-refractivity contribution in [3.63, 3.8) is 0 Å². The molecular formula is C15H12BrCl2FZr. The summed E-state index contributed by atoms with van der Waals surface area (Å²) in [5.74, 6) is -0.133. The third kappa shape index (κ3) is 3.55. The molecule has 0 aliphatic heterocycles. The first kappa shape index (κ1) is 18.4. The number of halogens is 4. The number of allylic oxidation sites excluding steroid dienone is 5. The molecule has 1 atom stereocenters. The second-order valence-corrected chi connectivity index (χ2v) is 9.24. The van der Waals surface area contributed by atoms with Gasteiger partial charge in [0, 0.05) is 0 Å². The summed E-state index contributed by atoms with van der Waals surface area (Å²) in [5.41, 5.74) is 3.78. The number of benzene rings is 1. The summed E-state index contributed by atoms with van der Waals surface area (Å²) >= 11 is 2.78. The smallest absolute Gasteiger partial charge is 1.00 e.